The number of alkyl halides is 6. The summed E-state index contributed by atoms with van der Waals surface area (Å²) in [6.45, 7) is 0. The highest BCUT2D eigenvalue weighted by Crippen LogP contribution is 2.31. The number of ether oxygens (including phenoxy) is 1. The van der Waals surface area contributed by atoms with Crippen molar-refractivity contribution in [3.8, 4) is 5.75 Å². The molecule has 0 aliphatic carbocycles. The lowest BCUT2D eigenvalue weighted by Gasteiger charge is -2.15. The van der Waals surface area contributed by atoms with E-state index in [1.165, 1.54) is 24.3 Å². The van der Waals surface area contributed by atoms with Crippen molar-refractivity contribution in [1.82, 2.24) is 0 Å². The van der Waals surface area contributed by atoms with Crippen LogP contribution in [0.3, 0.4) is 0 Å². The van der Waals surface area contributed by atoms with Crippen molar-refractivity contribution in [2.45, 2.75) is 18.6 Å². The molecule has 2 aromatic carbocycles. The molecule has 0 radical (unpaired) electrons. The fraction of sp³-hybridized carbons (Fsp3) is 0.200. The summed E-state index contributed by atoms with van der Waals surface area (Å²) in [5, 5.41) is 0. The maximum absolute atomic E-state index is 12.5. The summed E-state index contributed by atoms with van der Waals surface area (Å²) in [5.74, 6) is -0.402. The van der Waals surface area contributed by atoms with E-state index in [1.54, 1.807) is 0 Å². The molecular weight excluding hydrogens is 360 g/mol. The lowest BCUT2D eigenvalue weighted by molar-refractivity contribution is -0.274. The van der Waals surface area contributed by atoms with Gasteiger partial charge in [0.2, 0.25) is 0 Å². The van der Waals surface area contributed by atoms with Crippen LogP contribution in [0.4, 0.5) is 26.3 Å². The quantitative estimate of drug-likeness (QED) is 0.764. The first-order chi connectivity index (χ1) is 10.6. The Morgan fingerprint density at radius 3 is 1.54 bits per heavy atom. The SMILES string of the molecule is Cl.N[C@@H](c1ccc(OC(F)(F)F)cc1)c1ccc(C(F)(F)F)cc1. The third kappa shape index (κ3) is 5.31. The van der Waals surface area contributed by atoms with Crippen LogP contribution in [0.2, 0.25) is 0 Å². The van der Waals surface area contributed by atoms with Crippen LogP contribution < -0.4 is 10.5 Å². The summed E-state index contributed by atoms with van der Waals surface area (Å²) in [6, 6.07) is 8.32. The fourth-order valence-electron chi connectivity index (χ4n) is 1.95. The van der Waals surface area contributed by atoms with Gasteiger partial charge < -0.3 is 10.5 Å². The van der Waals surface area contributed by atoms with E-state index in [9.17, 15) is 26.3 Å². The molecule has 2 aromatic rings. The molecule has 0 amide bonds. The molecule has 9 heteroatoms. The second-order valence-corrected chi connectivity index (χ2v) is 4.71. The molecule has 2 rings (SSSR count). The number of nitrogens with two attached hydrogens (primary N) is 1. The zero-order valence-electron chi connectivity index (χ0n) is 11.9. The lowest BCUT2D eigenvalue weighted by atomic mass is 9.98. The molecule has 24 heavy (non-hydrogen) atoms. The molecule has 0 heterocycles. The van der Waals surface area contributed by atoms with Crippen molar-refractivity contribution < 1.29 is 31.1 Å². The molecule has 0 fully saturated rings. The van der Waals surface area contributed by atoms with E-state index in [1.807, 2.05) is 0 Å². The molecule has 0 unspecified atom stereocenters. The molecule has 0 aliphatic heterocycles. The van der Waals surface area contributed by atoms with Gasteiger partial charge in [-0.3, -0.25) is 0 Å². The van der Waals surface area contributed by atoms with E-state index in [-0.39, 0.29) is 12.4 Å². The highest BCUT2D eigenvalue weighted by molar-refractivity contribution is 5.85. The van der Waals surface area contributed by atoms with Gasteiger partial charge in [0.25, 0.3) is 0 Å². The first kappa shape index (κ1) is 20.1. The predicted molar refractivity (Wildman–Crippen MR) is 77.8 cm³/mol. The Morgan fingerprint density at radius 1 is 0.750 bits per heavy atom. The zero-order valence-corrected chi connectivity index (χ0v) is 12.7. The molecule has 0 aliphatic rings. The van der Waals surface area contributed by atoms with Gasteiger partial charge in [-0.1, -0.05) is 24.3 Å². The molecule has 2 N–H and O–H groups in total. The highest BCUT2D eigenvalue weighted by atomic mass is 35.5. The monoisotopic (exact) mass is 371 g/mol. The van der Waals surface area contributed by atoms with E-state index in [0.717, 1.165) is 24.3 Å². The summed E-state index contributed by atoms with van der Waals surface area (Å²) in [5.41, 5.74) is 5.95. The first-order valence-corrected chi connectivity index (χ1v) is 6.35. The smallest absolute Gasteiger partial charge is 0.406 e. The van der Waals surface area contributed by atoms with E-state index in [4.69, 9.17) is 5.73 Å². The maximum Gasteiger partial charge on any atom is 0.573 e. The van der Waals surface area contributed by atoms with Gasteiger partial charge >= 0.3 is 12.5 Å². The second kappa shape index (κ2) is 7.31. The Morgan fingerprint density at radius 2 is 1.17 bits per heavy atom. The largest absolute Gasteiger partial charge is 0.573 e. The molecule has 0 saturated carbocycles. The highest BCUT2D eigenvalue weighted by Gasteiger charge is 2.31. The van der Waals surface area contributed by atoms with Gasteiger partial charge in [-0.2, -0.15) is 13.2 Å². The van der Waals surface area contributed by atoms with Gasteiger partial charge in [-0.25, -0.2) is 0 Å². The van der Waals surface area contributed by atoms with Crippen molar-refractivity contribution in [1.29, 1.82) is 0 Å². The Balaban J connectivity index is 0.00000288. The van der Waals surface area contributed by atoms with Crippen LogP contribution in [0.1, 0.15) is 22.7 Å². The van der Waals surface area contributed by atoms with Gasteiger partial charge in [0.05, 0.1) is 11.6 Å². The van der Waals surface area contributed by atoms with Crippen LogP contribution in [0.25, 0.3) is 0 Å². The summed E-state index contributed by atoms with van der Waals surface area (Å²) < 4.78 is 77.4. The minimum absolute atomic E-state index is 0. The topological polar surface area (TPSA) is 35.2 Å². The average Bonchev–Trinajstić information content (AvgIpc) is 2.45. The van der Waals surface area contributed by atoms with E-state index in [0.29, 0.717) is 11.1 Å². The van der Waals surface area contributed by atoms with E-state index in [2.05, 4.69) is 4.74 Å². The second-order valence-electron chi connectivity index (χ2n) is 4.71. The fourth-order valence-corrected chi connectivity index (χ4v) is 1.95. The predicted octanol–water partition coefficient (Wildman–Crippen LogP) is 5.07. The van der Waals surface area contributed by atoms with Gasteiger partial charge in [0.1, 0.15) is 5.75 Å². The van der Waals surface area contributed by atoms with Crippen molar-refractivity contribution in [2.75, 3.05) is 0 Å². The summed E-state index contributed by atoms with van der Waals surface area (Å²) in [4.78, 5) is 0. The summed E-state index contributed by atoms with van der Waals surface area (Å²) >= 11 is 0. The Labute approximate surface area is 139 Å². The van der Waals surface area contributed by atoms with Crippen LogP contribution in [-0.4, -0.2) is 6.36 Å². The van der Waals surface area contributed by atoms with E-state index >= 15 is 0 Å². The minimum Gasteiger partial charge on any atom is -0.406 e. The zero-order chi connectivity index (χ0) is 17.3. The number of rotatable bonds is 3. The molecule has 0 saturated heterocycles. The van der Waals surface area contributed by atoms with Gasteiger partial charge in [0, 0.05) is 0 Å². The van der Waals surface area contributed by atoms with Crippen molar-refractivity contribution in [3.05, 3.63) is 65.2 Å². The van der Waals surface area contributed by atoms with Gasteiger partial charge in [-0.15, -0.1) is 25.6 Å². The molecular formula is C15H12ClF6NO. The Hall–Kier alpha value is -1.93. The summed E-state index contributed by atoms with van der Waals surface area (Å²) in [7, 11) is 0. The third-order valence-electron chi connectivity index (χ3n) is 3.07. The van der Waals surface area contributed by atoms with Gasteiger partial charge in [0.15, 0.2) is 0 Å². The van der Waals surface area contributed by atoms with Crippen LogP contribution >= 0.6 is 12.4 Å². The Kier molecular flexibility index (Phi) is 6.13. The van der Waals surface area contributed by atoms with Crippen molar-refractivity contribution in [3.63, 3.8) is 0 Å². The molecule has 0 aromatic heterocycles. The maximum atomic E-state index is 12.5. The minimum atomic E-state index is -4.79. The normalized spacial score (nSPS) is 13.1. The number of hydrogen-bond donors (Lipinski definition) is 1. The van der Waals surface area contributed by atoms with Crippen molar-refractivity contribution in [2.24, 2.45) is 5.73 Å². The van der Waals surface area contributed by atoms with Gasteiger partial charge in [-0.05, 0) is 35.4 Å². The molecule has 132 valence electrons. The number of halogens is 7. The molecule has 0 spiro atoms. The average molecular weight is 372 g/mol. The van der Waals surface area contributed by atoms with Crippen LogP contribution in [0.15, 0.2) is 48.5 Å². The van der Waals surface area contributed by atoms with Crippen LogP contribution in [-0.2, 0) is 6.18 Å². The summed E-state index contributed by atoms with van der Waals surface area (Å²) in [6.07, 6.45) is -9.24. The standard InChI is InChI=1S/C15H11F6NO.ClH/c16-14(17,18)11-5-1-9(2-6-11)13(22)10-3-7-12(8-4-10)23-15(19,20)21;/h1-8,13H,22H2;1H/t13-;/m1./s1. The van der Waals surface area contributed by atoms with Crippen LogP contribution in [0.5, 0.6) is 5.75 Å². The Bertz CT molecular complexity index is 652. The first-order valence-electron chi connectivity index (χ1n) is 6.35. The molecule has 0 bridgehead atoms. The van der Waals surface area contributed by atoms with E-state index < -0.39 is 29.9 Å². The number of benzene rings is 2. The molecule has 2 nitrogen and oxygen atoms in total. The lowest BCUT2D eigenvalue weighted by Crippen LogP contribution is -2.17. The molecule has 1 atom stereocenters. The van der Waals surface area contributed by atoms with Crippen LogP contribution in [0, 0.1) is 0 Å². The van der Waals surface area contributed by atoms with Crippen molar-refractivity contribution >= 4 is 12.4 Å². The third-order valence-corrected chi connectivity index (χ3v) is 3.07. The number of hydrogen-bond acceptors (Lipinski definition) is 2.